The number of halogens is 1. The second-order valence-electron chi connectivity index (χ2n) is 7.27. The number of hydrogen-bond donors (Lipinski definition) is 0. The maximum absolute atomic E-state index is 12.5. The van der Waals surface area contributed by atoms with Crippen LogP contribution in [0.2, 0.25) is 5.02 Å². The van der Waals surface area contributed by atoms with E-state index in [-0.39, 0.29) is 19.3 Å². The summed E-state index contributed by atoms with van der Waals surface area (Å²) in [5.74, 6) is -0.970. The third-order valence-corrected chi connectivity index (χ3v) is 4.80. The highest BCUT2D eigenvalue weighted by Crippen LogP contribution is 2.22. The lowest BCUT2D eigenvalue weighted by Gasteiger charge is -2.28. The van der Waals surface area contributed by atoms with Crippen LogP contribution in [-0.4, -0.2) is 61.5 Å². The molecule has 10 heteroatoms. The Balaban J connectivity index is 1.75. The van der Waals surface area contributed by atoms with Crippen molar-refractivity contribution in [2.24, 2.45) is 0 Å². The van der Waals surface area contributed by atoms with Gasteiger partial charge in [-0.3, -0.25) is 19.4 Å². The molecule has 0 unspecified atom stereocenters. The van der Waals surface area contributed by atoms with Gasteiger partial charge in [0.2, 0.25) is 11.8 Å². The van der Waals surface area contributed by atoms with E-state index in [0.29, 0.717) is 16.8 Å². The van der Waals surface area contributed by atoms with Crippen LogP contribution in [0, 0.1) is 0 Å². The van der Waals surface area contributed by atoms with Gasteiger partial charge in [0, 0.05) is 22.7 Å². The van der Waals surface area contributed by atoms with E-state index in [1.165, 1.54) is 0 Å². The lowest BCUT2D eigenvalue weighted by molar-refractivity contribution is -0.144. The van der Waals surface area contributed by atoms with Gasteiger partial charge < -0.3 is 4.42 Å². The van der Waals surface area contributed by atoms with Crippen molar-refractivity contribution in [3.05, 3.63) is 35.2 Å². The largest absolute Gasteiger partial charge is 0.419 e. The molecule has 4 amide bonds. The molecule has 1 aromatic carbocycles. The van der Waals surface area contributed by atoms with Gasteiger partial charge in [0.25, 0.3) is 0 Å². The molecular formula is C19H22ClN5O4. The molecule has 1 aromatic heterocycles. The molecule has 0 bridgehead atoms. The zero-order chi connectivity index (χ0) is 21.3. The fraction of sp³-hybridized carbons (Fsp3) is 0.421. The van der Waals surface area contributed by atoms with Gasteiger partial charge in [0.1, 0.15) is 0 Å². The van der Waals surface area contributed by atoms with E-state index in [2.05, 4.69) is 10.2 Å². The first-order valence-electron chi connectivity index (χ1n) is 9.20. The lowest BCUT2D eigenvalue weighted by atomic mass is 10.2. The Morgan fingerprint density at radius 1 is 1.03 bits per heavy atom. The van der Waals surface area contributed by atoms with E-state index in [0.717, 1.165) is 15.4 Å². The zero-order valence-corrected chi connectivity index (χ0v) is 17.4. The summed E-state index contributed by atoms with van der Waals surface area (Å²) >= 11 is 5.89. The minimum atomic E-state index is -0.832. The van der Waals surface area contributed by atoms with Crippen molar-refractivity contribution in [1.82, 2.24) is 24.9 Å². The Kier molecular flexibility index (Phi) is 5.99. The van der Waals surface area contributed by atoms with Crippen molar-refractivity contribution in [3.63, 3.8) is 0 Å². The number of rotatable bonds is 7. The van der Waals surface area contributed by atoms with Crippen molar-refractivity contribution in [2.75, 3.05) is 6.67 Å². The summed E-state index contributed by atoms with van der Waals surface area (Å²) in [5.41, 5.74) is 0.729. The van der Waals surface area contributed by atoms with Gasteiger partial charge in [-0.1, -0.05) is 11.6 Å². The predicted molar refractivity (Wildman–Crippen MR) is 105 cm³/mol. The van der Waals surface area contributed by atoms with Crippen LogP contribution in [-0.2, 0) is 16.1 Å². The van der Waals surface area contributed by atoms with Crippen molar-refractivity contribution >= 4 is 29.4 Å². The average molecular weight is 420 g/mol. The Labute approximate surface area is 173 Å². The number of aromatic nitrogens is 2. The van der Waals surface area contributed by atoms with Crippen molar-refractivity contribution in [3.8, 4) is 11.5 Å². The molecule has 2 aromatic rings. The number of amides is 4. The summed E-state index contributed by atoms with van der Waals surface area (Å²) in [6, 6.07) is 5.93. The molecule has 1 aliphatic heterocycles. The van der Waals surface area contributed by atoms with Gasteiger partial charge >= 0.3 is 17.8 Å². The highest BCUT2D eigenvalue weighted by molar-refractivity contribution is 6.44. The normalized spacial score (nSPS) is 15.0. The maximum Gasteiger partial charge on any atom is 0.335 e. The number of hydrogen-bond acceptors (Lipinski definition) is 7. The molecule has 1 saturated heterocycles. The maximum atomic E-state index is 12.5. The van der Waals surface area contributed by atoms with Gasteiger partial charge in [0.15, 0.2) is 0 Å². The molecule has 0 atom stereocenters. The molecule has 1 fully saturated rings. The highest BCUT2D eigenvalue weighted by atomic mass is 35.5. The molecule has 154 valence electrons. The summed E-state index contributed by atoms with van der Waals surface area (Å²) < 4.78 is 5.72. The predicted octanol–water partition coefficient (Wildman–Crippen LogP) is 2.76. The van der Waals surface area contributed by atoms with E-state index in [4.69, 9.17) is 16.0 Å². The molecule has 9 nitrogen and oxygen atoms in total. The Bertz CT molecular complexity index is 925. The van der Waals surface area contributed by atoms with Crippen molar-refractivity contribution in [2.45, 2.75) is 46.3 Å². The summed E-state index contributed by atoms with van der Waals surface area (Å²) in [5, 5.41) is 8.69. The monoisotopic (exact) mass is 419 g/mol. The number of imide groups is 2. The van der Waals surface area contributed by atoms with Crippen LogP contribution < -0.4 is 0 Å². The van der Waals surface area contributed by atoms with Crippen LogP contribution in [0.15, 0.2) is 28.7 Å². The number of urea groups is 1. The SMILES string of the molecule is CC(C)N(Cc1nnc(-c2ccc(Cl)cc2)o1)CN1C(=O)C(=O)N(C(C)C)C1=O. The van der Waals surface area contributed by atoms with Gasteiger partial charge in [-0.15, -0.1) is 10.2 Å². The number of benzene rings is 1. The Morgan fingerprint density at radius 2 is 1.69 bits per heavy atom. The summed E-state index contributed by atoms with van der Waals surface area (Å²) in [6.45, 7) is 7.34. The average Bonchev–Trinajstić information content (AvgIpc) is 3.20. The molecule has 2 heterocycles. The topological polar surface area (TPSA) is 99.8 Å². The van der Waals surface area contributed by atoms with Crippen LogP contribution in [0.3, 0.4) is 0 Å². The first-order chi connectivity index (χ1) is 13.7. The third kappa shape index (κ3) is 4.30. The molecule has 0 aliphatic carbocycles. The molecule has 1 aliphatic rings. The van der Waals surface area contributed by atoms with Gasteiger partial charge in [-0.05, 0) is 52.0 Å². The fourth-order valence-corrected chi connectivity index (χ4v) is 3.01. The smallest absolute Gasteiger partial charge is 0.335 e. The zero-order valence-electron chi connectivity index (χ0n) is 16.6. The molecule has 3 rings (SSSR count). The van der Waals surface area contributed by atoms with Gasteiger partial charge in [0.05, 0.1) is 13.2 Å². The number of nitrogens with zero attached hydrogens (tertiary/aromatic N) is 5. The second kappa shape index (κ2) is 8.30. The first kappa shape index (κ1) is 20.9. The Morgan fingerprint density at radius 3 is 2.24 bits per heavy atom. The lowest BCUT2D eigenvalue weighted by Crippen LogP contribution is -2.45. The van der Waals surface area contributed by atoms with Gasteiger partial charge in [-0.2, -0.15) is 0 Å². The van der Waals surface area contributed by atoms with E-state index < -0.39 is 23.9 Å². The second-order valence-corrected chi connectivity index (χ2v) is 7.71. The van der Waals surface area contributed by atoms with Crippen LogP contribution in [0.1, 0.15) is 33.6 Å². The van der Waals surface area contributed by atoms with Crippen LogP contribution in [0.5, 0.6) is 0 Å². The van der Waals surface area contributed by atoms with Gasteiger partial charge in [-0.25, -0.2) is 9.69 Å². The van der Waals surface area contributed by atoms with Crippen LogP contribution in [0.4, 0.5) is 4.79 Å². The van der Waals surface area contributed by atoms with E-state index >= 15 is 0 Å². The summed E-state index contributed by atoms with van der Waals surface area (Å²) in [7, 11) is 0. The molecule has 0 saturated carbocycles. The third-order valence-electron chi connectivity index (χ3n) is 4.55. The minimum absolute atomic E-state index is 0.0512. The number of carbonyl (C=O) groups excluding carboxylic acids is 3. The highest BCUT2D eigenvalue weighted by Gasteiger charge is 2.46. The van der Waals surface area contributed by atoms with E-state index in [1.54, 1.807) is 43.0 Å². The molecule has 0 spiro atoms. The van der Waals surface area contributed by atoms with Crippen LogP contribution in [0.25, 0.3) is 11.5 Å². The van der Waals surface area contributed by atoms with Crippen molar-refractivity contribution < 1.29 is 18.8 Å². The van der Waals surface area contributed by atoms with Crippen LogP contribution >= 0.6 is 11.6 Å². The fourth-order valence-electron chi connectivity index (χ4n) is 2.88. The summed E-state index contributed by atoms with van der Waals surface area (Å²) in [4.78, 5) is 40.6. The molecule has 0 N–H and O–H groups in total. The molecular weight excluding hydrogens is 398 g/mol. The quantitative estimate of drug-likeness (QED) is 0.502. The van der Waals surface area contributed by atoms with E-state index in [9.17, 15) is 14.4 Å². The van der Waals surface area contributed by atoms with Crippen molar-refractivity contribution in [1.29, 1.82) is 0 Å². The molecule has 29 heavy (non-hydrogen) atoms. The minimum Gasteiger partial charge on any atom is -0.419 e. The first-order valence-corrected chi connectivity index (χ1v) is 9.58. The van der Waals surface area contributed by atoms with E-state index in [1.807, 2.05) is 13.8 Å². The molecule has 0 radical (unpaired) electrons. The summed E-state index contributed by atoms with van der Waals surface area (Å²) in [6.07, 6.45) is 0. The standard InChI is InChI=1S/C19H22ClN5O4/c1-11(2)23(10-24-17(26)18(27)25(12(3)4)19(24)28)9-15-21-22-16(29-15)13-5-7-14(20)8-6-13/h5-8,11-12H,9-10H2,1-4H3. The Hall–Kier alpha value is -2.78. The number of carbonyl (C=O) groups is 3.